The molecule has 0 N–H and O–H groups in total. The first-order valence-electron chi connectivity index (χ1n) is 11.6. The van der Waals surface area contributed by atoms with Crippen LogP contribution < -0.4 is 4.74 Å². The van der Waals surface area contributed by atoms with E-state index in [0.717, 1.165) is 57.6 Å². The summed E-state index contributed by atoms with van der Waals surface area (Å²) in [6, 6.07) is 3.20. The molecule has 3 fully saturated rings. The van der Waals surface area contributed by atoms with Crippen molar-refractivity contribution in [3.05, 3.63) is 17.8 Å². The first kappa shape index (κ1) is 23.3. The lowest BCUT2D eigenvalue weighted by atomic mass is 9.94. The molecule has 1 aromatic heterocycles. The van der Waals surface area contributed by atoms with Gasteiger partial charge in [0.2, 0.25) is 0 Å². The van der Waals surface area contributed by atoms with Gasteiger partial charge in [-0.3, -0.25) is 0 Å². The van der Waals surface area contributed by atoms with Crippen molar-refractivity contribution in [2.45, 2.75) is 94.2 Å². The molecule has 8 nitrogen and oxygen atoms in total. The number of aryl methyl sites for hydroxylation is 1. The fourth-order valence-electron chi connectivity index (χ4n) is 4.32. The Morgan fingerprint density at radius 3 is 2.19 bits per heavy atom. The van der Waals surface area contributed by atoms with E-state index in [1.54, 1.807) is 17.9 Å². The smallest absolute Gasteiger partial charge is 0.410 e. The number of carbonyl (C=O) groups is 1. The van der Waals surface area contributed by atoms with Crippen LogP contribution in [-0.2, 0) is 19.3 Å². The van der Waals surface area contributed by atoms with Gasteiger partial charge in [0.1, 0.15) is 11.4 Å². The lowest BCUT2D eigenvalue weighted by Gasteiger charge is -2.36. The molecule has 4 rings (SSSR count). The van der Waals surface area contributed by atoms with Crippen molar-refractivity contribution >= 4 is 15.9 Å². The average molecular weight is 467 g/mol. The highest BCUT2D eigenvalue weighted by Crippen LogP contribution is 2.39. The van der Waals surface area contributed by atoms with Gasteiger partial charge in [0.25, 0.3) is 0 Å². The molecule has 0 radical (unpaired) electrons. The maximum absolute atomic E-state index is 12.2. The minimum atomic E-state index is -3.32. The van der Waals surface area contributed by atoms with Gasteiger partial charge in [0.15, 0.2) is 14.9 Å². The summed E-state index contributed by atoms with van der Waals surface area (Å²) >= 11 is 0. The molecule has 0 spiro atoms. The highest BCUT2D eigenvalue weighted by molar-refractivity contribution is 7.90. The van der Waals surface area contributed by atoms with E-state index in [1.807, 2.05) is 6.92 Å². The van der Waals surface area contributed by atoms with E-state index >= 15 is 0 Å². The maximum atomic E-state index is 12.2. The zero-order chi connectivity index (χ0) is 22.9. The number of rotatable bonds is 6. The Hall–Kier alpha value is -1.87. The highest BCUT2D eigenvalue weighted by atomic mass is 32.2. The predicted molar refractivity (Wildman–Crippen MR) is 119 cm³/mol. The van der Waals surface area contributed by atoms with Gasteiger partial charge in [0.05, 0.1) is 24.0 Å². The van der Waals surface area contributed by atoms with E-state index in [4.69, 9.17) is 14.2 Å². The van der Waals surface area contributed by atoms with Crippen LogP contribution in [0.2, 0.25) is 0 Å². The van der Waals surface area contributed by atoms with Gasteiger partial charge < -0.3 is 19.1 Å². The Kier molecular flexibility index (Phi) is 6.68. The van der Waals surface area contributed by atoms with E-state index in [-0.39, 0.29) is 35.0 Å². The van der Waals surface area contributed by atoms with Crippen LogP contribution in [0.5, 0.6) is 5.75 Å². The van der Waals surface area contributed by atoms with Crippen molar-refractivity contribution in [1.82, 2.24) is 9.88 Å². The van der Waals surface area contributed by atoms with E-state index in [9.17, 15) is 13.2 Å². The molecule has 2 saturated carbocycles. The summed E-state index contributed by atoms with van der Waals surface area (Å²) in [6.07, 6.45) is 8.72. The number of nitrogens with zero attached hydrogens (tertiary/aromatic N) is 2. The largest absolute Gasteiger partial charge is 0.489 e. The van der Waals surface area contributed by atoms with Crippen LogP contribution in [-0.4, -0.2) is 67.7 Å². The van der Waals surface area contributed by atoms with Crippen molar-refractivity contribution in [3.63, 3.8) is 0 Å². The van der Waals surface area contributed by atoms with Gasteiger partial charge in [-0.05, 0) is 77.3 Å². The molecule has 0 aromatic carbocycles. The summed E-state index contributed by atoms with van der Waals surface area (Å²) in [5.41, 5.74) is 0.363. The molecular weight excluding hydrogens is 432 g/mol. The van der Waals surface area contributed by atoms with Crippen molar-refractivity contribution in [2.24, 2.45) is 0 Å². The first-order chi connectivity index (χ1) is 15.1. The van der Waals surface area contributed by atoms with Crippen molar-refractivity contribution in [1.29, 1.82) is 0 Å². The second kappa shape index (κ2) is 9.17. The SMILES string of the molecule is Cc1nc(S(C)(=O)=O)ccc1O[C@H]1CC[C@H](OC2CCN(C(=O)OC3(C)CC3)CC2)CC1. The lowest BCUT2D eigenvalue weighted by Crippen LogP contribution is -2.43. The van der Waals surface area contributed by atoms with Crippen molar-refractivity contribution < 1.29 is 27.4 Å². The quantitative estimate of drug-likeness (QED) is 0.631. The molecule has 2 heterocycles. The van der Waals surface area contributed by atoms with Crippen LogP contribution in [0.1, 0.15) is 64.0 Å². The van der Waals surface area contributed by atoms with E-state index in [1.165, 1.54) is 6.07 Å². The fourth-order valence-corrected chi connectivity index (χ4v) is 4.94. The van der Waals surface area contributed by atoms with Gasteiger partial charge in [-0.1, -0.05) is 0 Å². The van der Waals surface area contributed by atoms with E-state index in [0.29, 0.717) is 24.5 Å². The molecule has 0 atom stereocenters. The van der Waals surface area contributed by atoms with Gasteiger partial charge in [-0.2, -0.15) is 0 Å². The van der Waals surface area contributed by atoms with Crippen LogP contribution in [0.3, 0.4) is 0 Å². The van der Waals surface area contributed by atoms with Crippen LogP contribution in [0, 0.1) is 6.92 Å². The molecule has 1 aliphatic heterocycles. The lowest BCUT2D eigenvalue weighted by molar-refractivity contribution is -0.0662. The van der Waals surface area contributed by atoms with Crippen molar-refractivity contribution in [3.8, 4) is 5.75 Å². The summed E-state index contributed by atoms with van der Waals surface area (Å²) in [4.78, 5) is 18.2. The minimum absolute atomic E-state index is 0.0699. The standard InChI is InChI=1S/C23H34N2O6S/c1-16-20(8-9-21(24-16)32(3,27)28)30-18-6-4-17(5-7-18)29-19-10-14-25(15-11-19)22(26)31-23(2)12-13-23/h8-9,17-19H,4-7,10-15H2,1-3H3/t17-,18-. The number of carbonyl (C=O) groups excluding carboxylic acids is 1. The zero-order valence-electron chi connectivity index (χ0n) is 19.2. The second-order valence-electron chi connectivity index (χ2n) is 9.66. The molecule has 0 unspecified atom stereocenters. The Labute approximate surface area is 190 Å². The third-order valence-electron chi connectivity index (χ3n) is 6.68. The predicted octanol–water partition coefficient (Wildman–Crippen LogP) is 3.65. The highest BCUT2D eigenvalue weighted by Gasteiger charge is 2.43. The Balaban J connectivity index is 1.18. The average Bonchev–Trinajstić information content (AvgIpc) is 3.47. The molecule has 3 aliphatic rings. The first-order valence-corrected chi connectivity index (χ1v) is 13.5. The summed E-state index contributed by atoms with van der Waals surface area (Å²) in [5, 5.41) is 0.0699. The molecule has 178 valence electrons. The number of aromatic nitrogens is 1. The second-order valence-corrected chi connectivity index (χ2v) is 11.6. The molecule has 9 heteroatoms. The van der Waals surface area contributed by atoms with Crippen molar-refractivity contribution in [2.75, 3.05) is 19.3 Å². The Morgan fingerprint density at radius 1 is 1.03 bits per heavy atom. The van der Waals surface area contributed by atoms with Crippen LogP contribution in [0.15, 0.2) is 17.2 Å². The van der Waals surface area contributed by atoms with Crippen LogP contribution in [0.25, 0.3) is 0 Å². The topological polar surface area (TPSA) is 95.0 Å². The summed E-state index contributed by atoms with van der Waals surface area (Å²) in [6.45, 7) is 5.14. The molecule has 32 heavy (non-hydrogen) atoms. The van der Waals surface area contributed by atoms with Gasteiger partial charge in [-0.25, -0.2) is 18.2 Å². The Bertz CT molecular complexity index is 930. The van der Waals surface area contributed by atoms with Crippen LogP contribution >= 0.6 is 0 Å². The third kappa shape index (κ3) is 5.92. The number of sulfone groups is 1. The molecular formula is C23H34N2O6S. The number of hydrogen-bond donors (Lipinski definition) is 0. The number of pyridine rings is 1. The normalized spacial score (nSPS) is 25.9. The van der Waals surface area contributed by atoms with Crippen LogP contribution in [0.4, 0.5) is 4.79 Å². The third-order valence-corrected chi connectivity index (χ3v) is 7.67. The molecule has 1 saturated heterocycles. The number of piperidine rings is 1. The fraction of sp³-hybridized carbons (Fsp3) is 0.739. The molecule has 1 aromatic rings. The number of ether oxygens (including phenoxy) is 3. The number of amides is 1. The van der Waals surface area contributed by atoms with Gasteiger partial charge >= 0.3 is 6.09 Å². The molecule has 2 aliphatic carbocycles. The van der Waals surface area contributed by atoms with E-state index in [2.05, 4.69) is 4.98 Å². The summed E-state index contributed by atoms with van der Waals surface area (Å²) in [7, 11) is -3.32. The maximum Gasteiger partial charge on any atom is 0.410 e. The Morgan fingerprint density at radius 2 is 1.62 bits per heavy atom. The summed E-state index contributed by atoms with van der Waals surface area (Å²) < 4.78 is 41.3. The molecule has 0 bridgehead atoms. The number of likely N-dealkylation sites (tertiary alicyclic amines) is 1. The van der Waals surface area contributed by atoms with E-state index < -0.39 is 9.84 Å². The zero-order valence-corrected chi connectivity index (χ0v) is 20.0. The monoisotopic (exact) mass is 466 g/mol. The summed E-state index contributed by atoms with van der Waals surface area (Å²) in [5.74, 6) is 0.640. The van der Waals surface area contributed by atoms with Gasteiger partial charge in [-0.15, -0.1) is 0 Å². The number of hydrogen-bond acceptors (Lipinski definition) is 7. The minimum Gasteiger partial charge on any atom is -0.489 e. The van der Waals surface area contributed by atoms with Gasteiger partial charge in [0, 0.05) is 19.3 Å². The molecule has 1 amide bonds.